The topological polar surface area (TPSA) is 21.3 Å². The lowest BCUT2D eigenvalue weighted by molar-refractivity contribution is -0.0498. The van der Waals surface area contributed by atoms with E-state index in [1.54, 1.807) is 24.3 Å². The van der Waals surface area contributed by atoms with Gasteiger partial charge in [-0.2, -0.15) is 8.78 Å². The summed E-state index contributed by atoms with van der Waals surface area (Å²) < 4.78 is 29.7. The molecule has 0 spiro atoms. The van der Waals surface area contributed by atoms with Gasteiger partial charge < -0.3 is 10.1 Å². The second kappa shape index (κ2) is 7.52. The molecular weight excluding hydrogens is 340 g/mol. The van der Waals surface area contributed by atoms with Crippen molar-refractivity contribution < 1.29 is 13.5 Å². The van der Waals surface area contributed by atoms with E-state index in [0.717, 1.165) is 16.5 Å². The number of alkyl halides is 2. The first kappa shape index (κ1) is 15.9. The minimum Gasteiger partial charge on any atom is -0.435 e. The van der Waals surface area contributed by atoms with Crippen LogP contribution >= 0.6 is 15.9 Å². The summed E-state index contributed by atoms with van der Waals surface area (Å²) in [5.41, 5.74) is 2.21. The summed E-state index contributed by atoms with van der Waals surface area (Å²) in [7, 11) is 1.88. The molecule has 2 nitrogen and oxygen atoms in total. The van der Waals surface area contributed by atoms with Gasteiger partial charge in [-0.25, -0.2) is 0 Å². The van der Waals surface area contributed by atoms with Gasteiger partial charge in [-0.15, -0.1) is 0 Å². The third-order valence-corrected chi connectivity index (χ3v) is 4.01. The maximum absolute atomic E-state index is 12.1. The minimum atomic E-state index is -2.80. The number of rotatable bonds is 6. The number of hydrogen-bond acceptors (Lipinski definition) is 2. The first-order valence-corrected chi connectivity index (χ1v) is 7.35. The fourth-order valence-electron chi connectivity index (χ4n) is 2.15. The molecule has 2 aromatic carbocycles. The van der Waals surface area contributed by atoms with Crippen LogP contribution in [0.3, 0.4) is 0 Å². The maximum Gasteiger partial charge on any atom is 0.387 e. The molecule has 0 saturated carbocycles. The quantitative estimate of drug-likeness (QED) is 0.820. The normalized spacial score (nSPS) is 12.4. The van der Waals surface area contributed by atoms with Gasteiger partial charge in [0.2, 0.25) is 0 Å². The van der Waals surface area contributed by atoms with Gasteiger partial charge in [0.15, 0.2) is 0 Å². The Labute approximate surface area is 131 Å². The lowest BCUT2D eigenvalue weighted by atomic mass is 9.99. The van der Waals surface area contributed by atoms with E-state index in [2.05, 4.69) is 32.0 Å². The van der Waals surface area contributed by atoms with Crippen molar-refractivity contribution in [3.05, 3.63) is 64.1 Å². The monoisotopic (exact) mass is 355 g/mol. The molecular formula is C16H16BrF2NO. The van der Waals surface area contributed by atoms with Crippen LogP contribution in [-0.4, -0.2) is 13.7 Å². The lowest BCUT2D eigenvalue weighted by Gasteiger charge is -2.18. The van der Waals surface area contributed by atoms with E-state index >= 15 is 0 Å². The van der Waals surface area contributed by atoms with Gasteiger partial charge >= 0.3 is 6.61 Å². The number of hydrogen-bond donors (Lipinski definition) is 1. The molecule has 2 rings (SSSR count). The molecule has 0 fully saturated rings. The molecule has 0 aliphatic heterocycles. The van der Waals surface area contributed by atoms with E-state index < -0.39 is 6.61 Å². The Morgan fingerprint density at radius 2 is 1.76 bits per heavy atom. The molecule has 1 N–H and O–H groups in total. The standard InChI is InChI=1S/C16H16BrF2NO/c1-20-15(10-12-4-2-3-5-14(12)17)11-6-8-13(9-7-11)21-16(18)19/h2-9,15-16,20H,10H2,1H3. The van der Waals surface area contributed by atoms with Crippen LogP contribution in [0.4, 0.5) is 8.78 Å². The molecule has 21 heavy (non-hydrogen) atoms. The number of ether oxygens (including phenoxy) is 1. The summed E-state index contributed by atoms with van der Waals surface area (Å²) in [5.74, 6) is 0.171. The molecule has 1 atom stereocenters. The summed E-state index contributed by atoms with van der Waals surface area (Å²) in [5, 5.41) is 3.24. The maximum atomic E-state index is 12.1. The highest BCUT2D eigenvalue weighted by Crippen LogP contribution is 2.25. The van der Waals surface area contributed by atoms with Crippen molar-refractivity contribution in [3.63, 3.8) is 0 Å². The molecule has 1 unspecified atom stereocenters. The van der Waals surface area contributed by atoms with Gasteiger partial charge in [-0.1, -0.05) is 46.3 Å². The van der Waals surface area contributed by atoms with Gasteiger partial charge in [0.05, 0.1) is 0 Å². The Balaban J connectivity index is 2.12. The third kappa shape index (κ3) is 4.51. The number of benzene rings is 2. The average Bonchev–Trinajstić information content (AvgIpc) is 2.47. The zero-order valence-electron chi connectivity index (χ0n) is 11.5. The van der Waals surface area contributed by atoms with E-state index in [4.69, 9.17) is 0 Å². The molecule has 112 valence electrons. The first-order valence-electron chi connectivity index (χ1n) is 6.55. The van der Waals surface area contributed by atoms with Crippen LogP contribution in [0.1, 0.15) is 17.2 Å². The van der Waals surface area contributed by atoms with Crippen LogP contribution in [-0.2, 0) is 6.42 Å². The van der Waals surface area contributed by atoms with Crippen molar-refractivity contribution >= 4 is 15.9 Å². The summed E-state index contributed by atoms with van der Waals surface area (Å²) in [6, 6.07) is 14.8. The predicted octanol–water partition coefficient (Wildman–Crippen LogP) is 4.55. The molecule has 0 bridgehead atoms. The molecule has 0 radical (unpaired) electrons. The number of likely N-dealkylation sites (N-methyl/N-ethyl adjacent to an activating group) is 1. The molecule has 0 aromatic heterocycles. The van der Waals surface area contributed by atoms with Crippen LogP contribution in [0, 0.1) is 0 Å². The van der Waals surface area contributed by atoms with E-state index in [9.17, 15) is 8.78 Å². The van der Waals surface area contributed by atoms with Crippen molar-refractivity contribution in [2.45, 2.75) is 19.1 Å². The summed E-state index contributed by atoms with van der Waals surface area (Å²) in [4.78, 5) is 0. The third-order valence-electron chi connectivity index (χ3n) is 3.24. The number of halogens is 3. The largest absolute Gasteiger partial charge is 0.435 e. The Kier molecular flexibility index (Phi) is 5.70. The van der Waals surface area contributed by atoms with Crippen molar-refractivity contribution in [1.29, 1.82) is 0 Å². The van der Waals surface area contributed by atoms with Crippen molar-refractivity contribution in [2.24, 2.45) is 0 Å². The van der Waals surface area contributed by atoms with E-state index in [0.29, 0.717) is 0 Å². The Bertz CT molecular complexity index is 575. The Morgan fingerprint density at radius 1 is 1.10 bits per heavy atom. The fraction of sp³-hybridized carbons (Fsp3) is 0.250. The second-order valence-corrected chi connectivity index (χ2v) is 5.44. The van der Waals surface area contributed by atoms with Crippen LogP contribution in [0.2, 0.25) is 0 Å². The SMILES string of the molecule is CNC(Cc1ccccc1Br)c1ccc(OC(F)F)cc1. The predicted molar refractivity (Wildman–Crippen MR) is 82.7 cm³/mol. The second-order valence-electron chi connectivity index (χ2n) is 4.58. The van der Waals surface area contributed by atoms with Gasteiger partial charge in [-0.3, -0.25) is 0 Å². The van der Waals surface area contributed by atoms with Crippen LogP contribution in [0.5, 0.6) is 5.75 Å². The van der Waals surface area contributed by atoms with Crippen LogP contribution < -0.4 is 10.1 Å². The van der Waals surface area contributed by atoms with Crippen LogP contribution in [0.25, 0.3) is 0 Å². The van der Waals surface area contributed by atoms with E-state index in [-0.39, 0.29) is 11.8 Å². The lowest BCUT2D eigenvalue weighted by Crippen LogP contribution is -2.19. The Morgan fingerprint density at radius 3 is 2.33 bits per heavy atom. The molecule has 0 saturated heterocycles. The van der Waals surface area contributed by atoms with Crippen LogP contribution in [0.15, 0.2) is 53.0 Å². The highest BCUT2D eigenvalue weighted by Gasteiger charge is 2.12. The highest BCUT2D eigenvalue weighted by molar-refractivity contribution is 9.10. The molecule has 2 aromatic rings. The van der Waals surface area contributed by atoms with Gasteiger partial charge in [0.1, 0.15) is 5.75 Å². The van der Waals surface area contributed by atoms with E-state index in [1.165, 1.54) is 5.56 Å². The molecule has 5 heteroatoms. The molecule has 0 amide bonds. The van der Waals surface area contributed by atoms with E-state index in [1.807, 2.05) is 25.2 Å². The smallest absolute Gasteiger partial charge is 0.387 e. The molecule has 0 aliphatic rings. The minimum absolute atomic E-state index is 0.101. The zero-order valence-corrected chi connectivity index (χ0v) is 13.1. The summed E-state index contributed by atoms with van der Waals surface area (Å²) >= 11 is 3.53. The van der Waals surface area contributed by atoms with Crippen molar-refractivity contribution in [1.82, 2.24) is 5.32 Å². The van der Waals surface area contributed by atoms with Crippen molar-refractivity contribution in [3.8, 4) is 5.75 Å². The molecule has 0 aliphatic carbocycles. The Hall–Kier alpha value is -1.46. The average molecular weight is 356 g/mol. The number of nitrogens with one attached hydrogen (secondary N) is 1. The summed E-state index contributed by atoms with van der Waals surface area (Å²) in [6.45, 7) is -2.80. The van der Waals surface area contributed by atoms with Crippen molar-refractivity contribution in [2.75, 3.05) is 7.05 Å². The summed E-state index contributed by atoms with van der Waals surface area (Å²) in [6.07, 6.45) is 0.799. The first-order chi connectivity index (χ1) is 10.1. The van der Waals surface area contributed by atoms with Gasteiger partial charge in [0.25, 0.3) is 0 Å². The fourth-order valence-corrected chi connectivity index (χ4v) is 2.60. The zero-order chi connectivity index (χ0) is 15.2. The molecule has 0 heterocycles. The highest BCUT2D eigenvalue weighted by atomic mass is 79.9. The van der Waals surface area contributed by atoms with Gasteiger partial charge in [-0.05, 0) is 42.8 Å². The van der Waals surface area contributed by atoms with Gasteiger partial charge in [0, 0.05) is 10.5 Å².